The molecule has 2 aromatic carbocycles. The minimum absolute atomic E-state index is 0.144. The molecule has 2 aromatic heterocycles. The number of hydrogen-bond donors (Lipinski definition) is 3. The molecule has 1 aliphatic heterocycles. The highest BCUT2D eigenvalue weighted by Gasteiger charge is 2.44. The van der Waals surface area contributed by atoms with Crippen LogP contribution in [-0.4, -0.2) is 63.6 Å². The number of nitrogens with one attached hydrogen (secondary N) is 2. The molecule has 0 aliphatic carbocycles. The zero-order chi connectivity index (χ0) is 34.7. The van der Waals surface area contributed by atoms with E-state index in [0.717, 1.165) is 0 Å². The number of carboxylic acids is 1. The zero-order valence-corrected chi connectivity index (χ0v) is 29.4. The number of aliphatic carboxylic acids is 1. The zero-order valence-electron chi connectivity index (χ0n) is 27.5. The van der Waals surface area contributed by atoms with Gasteiger partial charge in [0.1, 0.15) is 42.9 Å². The van der Waals surface area contributed by atoms with Crippen LogP contribution < -0.4 is 14.9 Å². The third kappa shape index (κ3) is 8.00. The SMILES string of the molecule is C[C@H](N[P@](=O)(OCC1=CC(O[Si](C)(C)C(C)(C)C)C(n2cnc3c(NC(=O)c4ccccc4)ncnc32)O1)Oc1ccccc1)C(=O)O. The fourth-order valence-corrected chi connectivity index (χ4v) is 7.16. The van der Waals surface area contributed by atoms with Crippen molar-refractivity contribution < 1.29 is 37.5 Å². The number of carbonyl (C=O) groups excluding carboxylic acids is 1. The monoisotopic (exact) mass is 694 g/mol. The Morgan fingerprint density at radius 2 is 1.73 bits per heavy atom. The Morgan fingerprint density at radius 1 is 1.06 bits per heavy atom. The van der Waals surface area contributed by atoms with E-state index in [2.05, 4.69) is 59.2 Å². The molecule has 0 bridgehead atoms. The number of anilines is 1. The maximum absolute atomic E-state index is 13.8. The number of fused-ring (bicyclic) bond motifs is 1. The van der Waals surface area contributed by atoms with Crippen LogP contribution >= 0.6 is 7.75 Å². The Hall–Kier alpha value is -4.40. The highest BCUT2D eigenvalue weighted by atomic mass is 31.2. The van der Waals surface area contributed by atoms with Crippen LogP contribution in [0.15, 0.2) is 85.2 Å². The number of rotatable bonds is 13. The number of ether oxygens (including phenoxy) is 1. The maximum Gasteiger partial charge on any atom is 0.459 e. The molecule has 14 nitrogen and oxygen atoms in total. The Morgan fingerprint density at radius 3 is 2.38 bits per heavy atom. The lowest BCUT2D eigenvalue weighted by Gasteiger charge is -2.39. The first-order valence-corrected chi connectivity index (χ1v) is 19.7. The number of aromatic nitrogens is 4. The van der Waals surface area contributed by atoms with Gasteiger partial charge >= 0.3 is 13.7 Å². The Bertz CT molecular complexity index is 1850. The second-order valence-electron chi connectivity index (χ2n) is 12.7. The summed E-state index contributed by atoms with van der Waals surface area (Å²) in [5, 5.41) is 14.6. The molecule has 48 heavy (non-hydrogen) atoms. The number of hydrogen-bond acceptors (Lipinski definition) is 10. The van der Waals surface area contributed by atoms with E-state index in [-0.39, 0.29) is 34.9 Å². The van der Waals surface area contributed by atoms with Crippen molar-refractivity contribution in [2.24, 2.45) is 0 Å². The molecule has 0 spiro atoms. The van der Waals surface area contributed by atoms with E-state index < -0.39 is 40.4 Å². The molecule has 0 saturated carbocycles. The largest absolute Gasteiger partial charge is 0.480 e. The first-order chi connectivity index (χ1) is 22.7. The highest BCUT2D eigenvalue weighted by Crippen LogP contribution is 2.47. The summed E-state index contributed by atoms with van der Waals surface area (Å²) < 4.78 is 40.1. The summed E-state index contributed by atoms with van der Waals surface area (Å²) >= 11 is 0. The fraction of sp³-hybridized carbons (Fsp3) is 0.344. The van der Waals surface area contributed by atoms with Gasteiger partial charge in [-0.3, -0.25) is 18.7 Å². The van der Waals surface area contributed by atoms with Gasteiger partial charge in [-0.1, -0.05) is 57.2 Å². The molecule has 1 aliphatic rings. The molecule has 254 valence electrons. The van der Waals surface area contributed by atoms with Crippen LogP contribution in [-0.2, 0) is 23.0 Å². The summed E-state index contributed by atoms with van der Waals surface area (Å²) in [5.41, 5.74) is 1.18. The van der Waals surface area contributed by atoms with Crippen molar-refractivity contribution in [3.63, 3.8) is 0 Å². The molecular weight excluding hydrogens is 655 g/mol. The van der Waals surface area contributed by atoms with E-state index in [1.807, 2.05) is 6.07 Å². The van der Waals surface area contributed by atoms with Gasteiger partial charge in [0.2, 0.25) is 6.23 Å². The summed E-state index contributed by atoms with van der Waals surface area (Å²) in [6.45, 7) is 11.6. The van der Waals surface area contributed by atoms with E-state index in [1.165, 1.54) is 19.6 Å². The van der Waals surface area contributed by atoms with Gasteiger partial charge in [0.25, 0.3) is 5.91 Å². The van der Waals surface area contributed by atoms with Gasteiger partial charge < -0.3 is 24.1 Å². The van der Waals surface area contributed by atoms with Crippen molar-refractivity contribution in [2.45, 2.75) is 64.2 Å². The second kappa shape index (κ2) is 14.0. The number of para-hydroxylation sites is 1. The minimum Gasteiger partial charge on any atom is -0.480 e. The van der Waals surface area contributed by atoms with Gasteiger partial charge in [-0.2, -0.15) is 5.09 Å². The second-order valence-corrected chi connectivity index (χ2v) is 19.2. The summed E-state index contributed by atoms with van der Waals surface area (Å²) in [7, 11) is -6.60. The molecule has 4 atom stereocenters. The molecule has 1 amide bonds. The Labute approximate surface area is 279 Å². The van der Waals surface area contributed by atoms with E-state index in [4.69, 9.17) is 18.2 Å². The van der Waals surface area contributed by atoms with Crippen LogP contribution in [0.25, 0.3) is 11.2 Å². The molecule has 16 heteroatoms. The predicted molar refractivity (Wildman–Crippen MR) is 181 cm³/mol. The summed E-state index contributed by atoms with van der Waals surface area (Å²) in [6.07, 6.45) is 3.14. The third-order valence-corrected chi connectivity index (χ3v) is 14.2. The van der Waals surface area contributed by atoms with E-state index in [9.17, 15) is 19.3 Å². The lowest BCUT2D eigenvalue weighted by Crippen LogP contribution is -2.45. The number of imidazole rings is 1. The van der Waals surface area contributed by atoms with Crippen molar-refractivity contribution in [3.8, 4) is 5.75 Å². The molecule has 5 rings (SSSR count). The van der Waals surface area contributed by atoms with Crippen molar-refractivity contribution in [1.29, 1.82) is 0 Å². The number of benzene rings is 2. The van der Waals surface area contributed by atoms with Crippen LogP contribution in [0, 0.1) is 0 Å². The predicted octanol–water partition coefficient (Wildman–Crippen LogP) is 6.15. The lowest BCUT2D eigenvalue weighted by atomic mass is 10.2. The van der Waals surface area contributed by atoms with Gasteiger partial charge in [-0.15, -0.1) is 0 Å². The molecule has 0 fully saturated rings. The van der Waals surface area contributed by atoms with E-state index >= 15 is 0 Å². The maximum atomic E-state index is 13.8. The van der Waals surface area contributed by atoms with Crippen LogP contribution in [0.2, 0.25) is 18.1 Å². The first kappa shape index (κ1) is 34.9. The lowest BCUT2D eigenvalue weighted by molar-refractivity contribution is -0.138. The van der Waals surface area contributed by atoms with Gasteiger partial charge in [-0.05, 0) is 55.4 Å². The average molecular weight is 695 g/mol. The molecule has 0 saturated heterocycles. The Balaban J connectivity index is 1.43. The number of amides is 1. The van der Waals surface area contributed by atoms with Crippen LogP contribution in [0.5, 0.6) is 5.75 Å². The number of carbonyl (C=O) groups is 2. The number of nitrogens with zero attached hydrogens (tertiary/aromatic N) is 4. The van der Waals surface area contributed by atoms with Crippen molar-refractivity contribution >= 4 is 44.9 Å². The van der Waals surface area contributed by atoms with Gasteiger partial charge in [0, 0.05) is 5.56 Å². The van der Waals surface area contributed by atoms with Gasteiger partial charge in [0.05, 0.1) is 0 Å². The fourth-order valence-electron chi connectivity index (χ4n) is 4.48. The topological polar surface area (TPSA) is 176 Å². The molecule has 3 N–H and O–H groups in total. The standard InChI is InChI=1S/C32H39N6O8PSi/c1-21(31(40)41)37-47(42,45-23-15-11-8-12-16-23)43-18-24-17-25(46-48(5,6)32(2,3)4)30(44-24)38-20-35-26-27(33-19-34-28(26)38)36-29(39)22-13-9-7-10-14-22/h7-17,19-21,25,30H,18H2,1-6H3,(H,37,42)(H,40,41)(H,33,34,36,39)/t21-,25?,30?,47-/m0/s1. The average Bonchev–Trinajstić information content (AvgIpc) is 3.64. The van der Waals surface area contributed by atoms with Crippen LogP contribution in [0.4, 0.5) is 5.82 Å². The third-order valence-electron chi connectivity index (χ3n) is 8.11. The van der Waals surface area contributed by atoms with Crippen molar-refractivity contribution in [1.82, 2.24) is 24.6 Å². The summed E-state index contributed by atoms with van der Waals surface area (Å²) in [6, 6.07) is 15.8. The summed E-state index contributed by atoms with van der Waals surface area (Å²) in [5.74, 6) is -0.858. The Kier molecular flexibility index (Phi) is 10.2. The molecule has 4 aromatic rings. The number of carboxylic acid groups (broad SMARTS) is 1. The first-order valence-electron chi connectivity index (χ1n) is 15.2. The smallest absolute Gasteiger partial charge is 0.459 e. The van der Waals surface area contributed by atoms with E-state index in [1.54, 1.807) is 65.2 Å². The highest BCUT2D eigenvalue weighted by molar-refractivity contribution is 7.52. The quantitative estimate of drug-likeness (QED) is 0.108. The van der Waals surface area contributed by atoms with Crippen molar-refractivity contribution in [2.75, 3.05) is 11.9 Å². The van der Waals surface area contributed by atoms with Crippen LogP contribution in [0.3, 0.4) is 0 Å². The van der Waals surface area contributed by atoms with E-state index in [0.29, 0.717) is 16.7 Å². The molecule has 3 heterocycles. The molecular formula is C32H39N6O8PSi. The van der Waals surface area contributed by atoms with Gasteiger partial charge in [0.15, 0.2) is 25.3 Å². The van der Waals surface area contributed by atoms with Crippen molar-refractivity contribution in [3.05, 3.63) is 90.7 Å². The van der Waals surface area contributed by atoms with Gasteiger partial charge in [-0.25, -0.2) is 19.5 Å². The molecule has 0 radical (unpaired) electrons. The normalized spacial score (nSPS) is 18.4. The van der Waals surface area contributed by atoms with Crippen LogP contribution in [0.1, 0.15) is 44.3 Å². The molecule has 2 unspecified atom stereocenters. The summed E-state index contributed by atoms with van der Waals surface area (Å²) in [4.78, 5) is 37.7. The minimum atomic E-state index is -4.22.